The van der Waals surface area contributed by atoms with E-state index in [1.54, 1.807) is 6.07 Å². The maximum Gasteiger partial charge on any atom is 0.257 e. The first-order valence-electron chi connectivity index (χ1n) is 7.64. The first-order valence-corrected chi connectivity index (χ1v) is 8.02. The molecule has 1 aromatic heterocycles. The molecule has 2 N–H and O–H groups in total. The number of carbonyl (C=O) groups excluding carboxylic acids is 1. The molecule has 132 valence electrons. The standard InChI is InChI=1S/C18H14ClFN4O2/c1-18(26,9-24-10-22-16-14(20)3-2-4-15(16)24)17(25)23-12-6-5-11(8-21)13(19)7-12/h2-7,10,26H,9H2,1H3,(H,23,25). The van der Waals surface area contributed by atoms with Gasteiger partial charge in [-0.05, 0) is 37.3 Å². The lowest BCUT2D eigenvalue weighted by atomic mass is 10.1. The fourth-order valence-electron chi connectivity index (χ4n) is 2.53. The molecule has 6 nitrogen and oxygen atoms in total. The number of anilines is 1. The molecule has 0 radical (unpaired) electrons. The fourth-order valence-corrected chi connectivity index (χ4v) is 2.75. The zero-order valence-electron chi connectivity index (χ0n) is 13.7. The third kappa shape index (κ3) is 3.38. The van der Waals surface area contributed by atoms with E-state index in [2.05, 4.69) is 10.3 Å². The number of aliphatic hydroxyl groups is 1. The number of benzene rings is 2. The van der Waals surface area contributed by atoms with Crippen LogP contribution in [0.25, 0.3) is 11.0 Å². The molecule has 0 aliphatic carbocycles. The van der Waals surface area contributed by atoms with Gasteiger partial charge < -0.3 is 15.0 Å². The first-order chi connectivity index (χ1) is 12.3. The Labute approximate surface area is 153 Å². The number of amides is 1. The molecule has 8 heteroatoms. The number of rotatable bonds is 4. The Morgan fingerprint density at radius 2 is 2.23 bits per heavy atom. The highest BCUT2D eigenvalue weighted by atomic mass is 35.5. The van der Waals surface area contributed by atoms with Gasteiger partial charge in [-0.15, -0.1) is 0 Å². The molecule has 2 aromatic carbocycles. The molecular formula is C18H14ClFN4O2. The van der Waals surface area contributed by atoms with Crippen molar-refractivity contribution in [3.63, 3.8) is 0 Å². The molecule has 3 rings (SSSR count). The summed E-state index contributed by atoms with van der Waals surface area (Å²) < 4.78 is 15.2. The number of imidazole rings is 1. The van der Waals surface area contributed by atoms with Crippen LogP contribution in [0, 0.1) is 17.1 Å². The number of hydrogen-bond acceptors (Lipinski definition) is 4. The summed E-state index contributed by atoms with van der Waals surface area (Å²) in [5.74, 6) is -1.14. The molecule has 0 spiro atoms. The van der Waals surface area contributed by atoms with Gasteiger partial charge in [-0.2, -0.15) is 5.26 Å². The second-order valence-corrected chi connectivity index (χ2v) is 6.42. The summed E-state index contributed by atoms with van der Waals surface area (Å²) in [7, 11) is 0. The third-order valence-corrected chi connectivity index (χ3v) is 4.23. The predicted octanol–water partition coefficient (Wildman–Crippen LogP) is 3.09. The summed E-state index contributed by atoms with van der Waals surface area (Å²) in [6.07, 6.45) is 1.37. The van der Waals surface area contributed by atoms with E-state index in [-0.39, 0.29) is 22.6 Å². The van der Waals surface area contributed by atoms with Crippen LogP contribution in [-0.4, -0.2) is 26.2 Å². The molecule has 1 heterocycles. The van der Waals surface area contributed by atoms with E-state index in [4.69, 9.17) is 16.9 Å². The van der Waals surface area contributed by atoms with Crippen molar-refractivity contribution in [1.29, 1.82) is 5.26 Å². The summed E-state index contributed by atoms with van der Waals surface area (Å²) in [5, 5.41) is 22.2. The molecule has 26 heavy (non-hydrogen) atoms. The number of nitriles is 1. The minimum atomic E-state index is -1.79. The average Bonchev–Trinajstić information content (AvgIpc) is 2.99. The number of halogens is 2. The molecule has 0 aliphatic rings. The number of fused-ring (bicyclic) bond motifs is 1. The highest BCUT2D eigenvalue weighted by Gasteiger charge is 2.31. The molecule has 1 atom stereocenters. The van der Waals surface area contributed by atoms with Crippen molar-refractivity contribution in [3.8, 4) is 6.07 Å². The molecule has 0 aliphatic heterocycles. The summed E-state index contributed by atoms with van der Waals surface area (Å²) in [6.45, 7) is 1.22. The summed E-state index contributed by atoms with van der Waals surface area (Å²) in [6, 6.07) is 10.8. The topological polar surface area (TPSA) is 90.9 Å². The zero-order chi connectivity index (χ0) is 18.9. The maximum absolute atomic E-state index is 13.7. The minimum absolute atomic E-state index is 0.122. The van der Waals surface area contributed by atoms with Gasteiger partial charge in [-0.25, -0.2) is 9.37 Å². The van der Waals surface area contributed by atoms with Crippen molar-refractivity contribution in [2.45, 2.75) is 19.1 Å². The van der Waals surface area contributed by atoms with E-state index in [1.165, 1.54) is 48.1 Å². The summed E-state index contributed by atoms with van der Waals surface area (Å²) >= 11 is 5.94. The maximum atomic E-state index is 13.7. The predicted molar refractivity (Wildman–Crippen MR) is 95.1 cm³/mol. The number of para-hydroxylation sites is 1. The van der Waals surface area contributed by atoms with Crippen molar-refractivity contribution in [2.75, 3.05) is 5.32 Å². The van der Waals surface area contributed by atoms with Crippen molar-refractivity contribution >= 4 is 34.2 Å². The Hall–Kier alpha value is -2.95. The van der Waals surface area contributed by atoms with Crippen molar-refractivity contribution in [3.05, 3.63) is 59.1 Å². The van der Waals surface area contributed by atoms with Crippen LogP contribution in [0.2, 0.25) is 5.02 Å². The second kappa shape index (κ2) is 6.75. The van der Waals surface area contributed by atoms with Crippen molar-refractivity contribution in [2.24, 2.45) is 0 Å². The van der Waals surface area contributed by atoms with Gasteiger partial charge in [0.05, 0.1) is 29.0 Å². The molecule has 1 unspecified atom stereocenters. The van der Waals surface area contributed by atoms with Crippen molar-refractivity contribution in [1.82, 2.24) is 9.55 Å². The quantitative estimate of drug-likeness (QED) is 0.736. The lowest BCUT2D eigenvalue weighted by Gasteiger charge is -2.23. The van der Waals surface area contributed by atoms with Crippen LogP contribution in [-0.2, 0) is 11.3 Å². The van der Waals surface area contributed by atoms with Gasteiger partial charge >= 0.3 is 0 Å². The lowest BCUT2D eigenvalue weighted by molar-refractivity contribution is -0.133. The Bertz CT molecular complexity index is 1040. The molecule has 1 amide bonds. The highest BCUT2D eigenvalue weighted by molar-refractivity contribution is 6.32. The molecular weight excluding hydrogens is 359 g/mol. The van der Waals surface area contributed by atoms with Gasteiger partial charge in [-0.3, -0.25) is 4.79 Å². The lowest BCUT2D eigenvalue weighted by Crippen LogP contribution is -2.43. The van der Waals surface area contributed by atoms with Crippen LogP contribution in [0.3, 0.4) is 0 Å². The average molecular weight is 373 g/mol. The van der Waals surface area contributed by atoms with Gasteiger partial charge in [0.15, 0.2) is 11.4 Å². The zero-order valence-corrected chi connectivity index (χ0v) is 14.5. The first kappa shape index (κ1) is 17.9. The van der Waals surface area contributed by atoms with E-state index >= 15 is 0 Å². The summed E-state index contributed by atoms with van der Waals surface area (Å²) in [4.78, 5) is 16.4. The van der Waals surface area contributed by atoms with E-state index in [1.807, 2.05) is 6.07 Å². The molecule has 0 fully saturated rings. The Kier molecular flexibility index (Phi) is 4.64. The number of nitrogens with one attached hydrogen (secondary N) is 1. The Balaban J connectivity index is 1.81. The molecule has 0 saturated carbocycles. The van der Waals surface area contributed by atoms with Crippen LogP contribution in [0.5, 0.6) is 0 Å². The molecule has 0 bridgehead atoms. The van der Waals surface area contributed by atoms with Gasteiger partial charge in [0.2, 0.25) is 0 Å². The van der Waals surface area contributed by atoms with E-state index in [0.717, 1.165) is 0 Å². The Morgan fingerprint density at radius 3 is 2.92 bits per heavy atom. The van der Waals surface area contributed by atoms with E-state index in [0.29, 0.717) is 11.2 Å². The van der Waals surface area contributed by atoms with Crippen LogP contribution in [0.4, 0.5) is 10.1 Å². The van der Waals surface area contributed by atoms with Crippen LogP contribution in [0.1, 0.15) is 12.5 Å². The number of nitrogens with zero attached hydrogens (tertiary/aromatic N) is 3. The van der Waals surface area contributed by atoms with Gasteiger partial charge in [-0.1, -0.05) is 17.7 Å². The number of aromatic nitrogens is 2. The normalized spacial score (nSPS) is 13.2. The third-order valence-electron chi connectivity index (χ3n) is 3.92. The van der Waals surface area contributed by atoms with E-state index < -0.39 is 17.3 Å². The van der Waals surface area contributed by atoms with Gasteiger partial charge in [0.1, 0.15) is 11.6 Å². The van der Waals surface area contributed by atoms with Crippen molar-refractivity contribution < 1.29 is 14.3 Å². The highest BCUT2D eigenvalue weighted by Crippen LogP contribution is 2.23. The minimum Gasteiger partial charge on any atom is -0.378 e. The van der Waals surface area contributed by atoms with E-state index in [9.17, 15) is 14.3 Å². The molecule has 0 saturated heterocycles. The van der Waals surface area contributed by atoms with Crippen LogP contribution < -0.4 is 5.32 Å². The smallest absolute Gasteiger partial charge is 0.257 e. The van der Waals surface area contributed by atoms with Crippen LogP contribution >= 0.6 is 11.6 Å². The van der Waals surface area contributed by atoms with Crippen LogP contribution in [0.15, 0.2) is 42.7 Å². The Morgan fingerprint density at radius 1 is 1.46 bits per heavy atom. The van der Waals surface area contributed by atoms with Gasteiger partial charge in [0, 0.05) is 5.69 Å². The summed E-state index contributed by atoms with van der Waals surface area (Å²) in [5.41, 5.74) is -0.522. The number of hydrogen-bond donors (Lipinski definition) is 2. The SMILES string of the molecule is CC(O)(Cn1cnc2c(F)cccc21)C(=O)Nc1ccc(C#N)c(Cl)c1. The fraction of sp³-hybridized carbons (Fsp3) is 0.167. The largest absolute Gasteiger partial charge is 0.378 e. The monoisotopic (exact) mass is 372 g/mol. The molecule has 3 aromatic rings. The van der Waals surface area contributed by atoms with Gasteiger partial charge in [0.25, 0.3) is 5.91 Å². The number of carbonyl (C=O) groups is 1. The second-order valence-electron chi connectivity index (χ2n) is 6.01.